The third-order valence-electron chi connectivity index (χ3n) is 5.46. The molecular weight excluding hydrogens is 476 g/mol. The fourth-order valence-corrected chi connectivity index (χ4v) is 4.56. The molecular formula is C26H22N6O3S. The molecule has 0 amide bonds. The standard InChI is InChI=1S/C26H22N6O3S/c1-35-25(34)22(23-28-19-11-5-6-12-20(19)29-23)21(33)16-36-26-31-30-24(18-10-7-13-27-14-18)32(26)15-17-8-3-2-4-9-17/h2-14,33H,15-16H2,1H3,(H,28,29)/b22-21+. The number of ether oxygens (including phenoxy) is 1. The number of aliphatic hydroxyl groups excluding tert-OH is 1. The number of imidazole rings is 1. The second-order valence-electron chi connectivity index (χ2n) is 7.82. The van der Waals surface area contributed by atoms with Gasteiger partial charge in [0.05, 0.1) is 30.4 Å². The Labute approximate surface area is 210 Å². The molecule has 0 radical (unpaired) electrons. The zero-order chi connectivity index (χ0) is 24.9. The summed E-state index contributed by atoms with van der Waals surface area (Å²) in [5.41, 5.74) is 3.30. The molecule has 0 atom stereocenters. The van der Waals surface area contributed by atoms with E-state index in [4.69, 9.17) is 4.74 Å². The van der Waals surface area contributed by atoms with Gasteiger partial charge in [0, 0.05) is 18.0 Å². The summed E-state index contributed by atoms with van der Waals surface area (Å²) in [6, 6.07) is 21.1. The number of esters is 1. The molecule has 5 rings (SSSR count). The first-order chi connectivity index (χ1) is 17.6. The minimum atomic E-state index is -0.686. The lowest BCUT2D eigenvalue weighted by Gasteiger charge is -2.11. The molecule has 0 bridgehead atoms. The highest BCUT2D eigenvalue weighted by Crippen LogP contribution is 2.28. The number of carbonyl (C=O) groups is 1. The van der Waals surface area contributed by atoms with Gasteiger partial charge in [0.1, 0.15) is 17.2 Å². The number of nitrogens with zero attached hydrogens (tertiary/aromatic N) is 5. The van der Waals surface area contributed by atoms with Gasteiger partial charge in [-0.3, -0.25) is 9.55 Å². The number of nitrogens with one attached hydrogen (secondary N) is 1. The zero-order valence-corrected chi connectivity index (χ0v) is 20.1. The summed E-state index contributed by atoms with van der Waals surface area (Å²) >= 11 is 1.26. The summed E-state index contributed by atoms with van der Waals surface area (Å²) in [7, 11) is 1.27. The average Bonchev–Trinajstić information content (AvgIpc) is 3.52. The van der Waals surface area contributed by atoms with Crippen LogP contribution in [0, 0.1) is 0 Å². The maximum absolute atomic E-state index is 12.6. The first kappa shape index (κ1) is 23.3. The third-order valence-corrected chi connectivity index (χ3v) is 6.44. The minimum absolute atomic E-state index is 0.0252. The quantitative estimate of drug-likeness (QED) is 0.139. The van der Waals surface area contributed by atoms with Gasteiger partial charge in [0.25, 0.3) is 0 Å². The number of thioether (sulfide) groups is 1. The maximum atomic E-state index is 12.6. The molecule has 0 aliphatic carbocycles. The molecule has 36 heavy (non-hydrogen) atoms. The van der Waals surface area contributed by atoms with Crippen molar-refractivity contribution < 1.29 is 14.6 Å². The van der Waals surface area contributed by atoms with E-state index in [1.807, 2.05) is 71.3 Å². The van der Waals surface area contributed by atoms with Crippen LogP contribution >= 0.6 is 11.8 Å². The van der Waals surface area contributed by atoms with Gasteiger partial charge in [0.15, 0.2) is 11.0 Å². The Balaban J connectivity index is 1.48. The van der Waals surface area contributed by atoms with Crippen molar-refractivity contribution in [2.45, 2.75) is 11.7 Å². The molecule has 180 valence electrons. The Morgan fingerprint density at radius 2 is 1.86 bits per heavy atom. The fraction of sp³-hybridized carbons (Fsp3) is 0.115. The van der Waals surface area contributed by atoms with E-state index in [1.165, 1.54) is 18.9 Å². The van der Waals surface area contributed by atoms with Crippen molar-refractivity contribution in [3.8, 4) is 11.4 Å². The summed E-state index contributed by atoms with van der Waals surface area (Å²) in [6.07, 6.45) is 3.43. The number of rotatable bonds is 8. The smallest absolute Gasteiger partial charge is 0.345 e. The topological polar surface area (TPSA) is 119 Å². The van der Waals surface area contributed by atoms with Gasteiger partial charge in [0.2, 0.25) is 0 Å². The molecule has 9 nitrogen and oxygen atoms in total. The summed E-state index contributed by atoms with van der Waals surface area (Å²) < 4.78 is 6.90. The average molecular weight is 499 g/mol. The lowest BCUT2D eigenvalue weighted by atomic mass is 10.2. The number of hydrogen-bond acceptors (Lipinski definition) is 8. The fourth-order valence-electron chi connectivity index (χ4n) is 3.74. The normalized spacial score (nSPS) is 11.9. The molecule has 0 fully saturated rings. The number of fused-ring (bicyclic) bond motifs is 1. The minimum Gasteiger partial charge on any atom is -0.510 e. The Kier molecular flexibility index (Phi) is 6.76. The molecule has 5 aromatic rings. The molecule has 0 saturated heterocycles. The molecule has 2 aromatic carbocycles. The van der Waals surface area contributed by atoms with E-state index in [-0.39, 0.29) is 22.9 Å². The van der Waals surface area contributed by atoms with Gasteiger partial charge in [-0.25, -0.2) is 9.78 Å². The Hall–Kier alpha value is -4.44. The highest BCUT2D eigenvalue weighted by molar-refractivity contribution is 7.99. The first-order valence-corrected chi connectivity index (χ1v) is 12.1. The van der Waals surface area contributed by atoms with Crippen LogP contribution in [0.15, 0.2) is 90.0 Å². The maximum Gasteiger partial charge on any atom is 0.345 e. The lowest BCUT2D eigenvalue weighted by Crippen LogP contribution is -2.10. The number of pyridine rings is 1. The molecule has 3 aromatic heterocycles. The van der Waals surface area contributed by atoms with Crippen LogP contribution in [0.2, 0.25) is 0 Å². The van der Waals surface area contributed by atoms with E-state index in [2.05, 4.69) is 25.1 Å². The number of aromatic amines is 1. The van der Waals surface area contributed by atoms with Crippen LogP contribution in [0.3, 0.4) is 0 Å². The van der Waals surface area contributed by atoms with Crippen LogP contribution < -0.4 is 0 Å². The molecule has 0 unspecified atom stereocenters. The number of hydrogen-bond donors (Lipinski definition) is 2. The predicted octanol–water partition coefficient (Wildman–Crippen LogP) is 4.50. The van der Waals surface area contributed by atoms with E-state index >= 15 is 0 Å². The van der Waals surface area contributed by atoms with Gasteiger partial charge in [-0.2, -0.15) is 0 Å². The zero-order valence-electron chi connectivity index (χ0n) is 19.3. The Bertz CT molecular complexity index is 1500. The monoisotopic (exact) mass is 498 g/mol. The molecule has 0 saturated carbocycles. The predicted molar refractivity (Wildman–Crippen MR) is 137 cm³/mol. The number of para-hydroxylation sites is 2. The highest BCUT2D eigenvalue weighted by Gasteiger charge is 2.23. The van der Waals surface area contributed by atoms with Gasteiger partial charge in [-0.1, -0.05) is 54.2 Å². The van der Waals surface area contributed by atoms with Gasteiger partial charge < -0.3 is 14.8 Å². The Morgan fingerprint density at radius 1 is 1.06 bits per heavy atom. The van der Waals surface area contributed by atoms with Crippen LogP contribution in [-0.2, 0) is 16.1 Å². The van der Waals surface area contributed by atoms with E-state index in [0.29, 0.717) is 23.0 Å². The molecule has 0 spiro atoms. The number of benzene rings is 2. The van der Waals surface area contributed by atoms with Crippen molar-refractivity contribution >= 4 is 34.3 Å². The number of methoxy groups -OCH3 is 1. The molecule has 3 heterocycles. The molecule has 0 aliphatic rings. The van der Waals surface area contributed by atoms with Crippen molar-refractivity contribution in [1.82, 2.24) is 29.7 Å². The van der Waals surface area contributed by atoms with Crippen LogP contribution in [-0.4, -0.2) is 53.7 Å². The number of carbonyl (C=O) groups excluding carboxylic acids is 1. The summed E-state index contributed by atoms with van der Waals surface area (Å²) in [4.78, 5) is 24.3. The van der Waals surface area contributed by atoms with Crippen LogP contribution in [0.25, 0.3) is 28.0 Å². The van der Waals surface area contributed by atoms with Crippen molar-refractivity contribution in [2.24, 2.45) is 0 Å². The number of H-pyrrole nitrogens is 1. The summed E-state index contributed by atoms with van der Waals surface area (Å²) in [5, 5.41) is 20.3. The van der Waals surface area contributed by atoms with Crippen LogP contribution in [0.1, 0.15) is 11.4 Å². The highest BCUT2D eigenvalue weighted by atomic mass is 32.2. The van der Waals surface area contributed by atoms with E-state index in [9.17, 15) is 9.90 Å². The van der Waals surface area contributed by atoms with Crippen LogP contribution in [0.5, 0.6) is 0 Å². The number of aliphatic hydroxyl groups is 1. The van der Waals surface area contributed by atoms with Crippen molar-refractivity contribution in [3.63, 3.8) is 0 Å². The van der Waals surface area contributed by atoms with E-state index < -0.39 is 5.97 Å². The van der Waals surface area contributed by atoms with Crippen molar-refractivity contribution in [2.75, 3.05) is 12.9 Å². The molecule has 10 heteroatoms. The van der Waals surface area contributed by atoms with Crippen molar-refractivity contribution in [1.29, 1.82) is 0 Å². The SMILES string of the molecule is COC(=O)/C(=C(/O)CSc1nnc(-c2cccnc2)n1Cc1ccccc1)c1nc2ccccc2[nH]1. The lowest BCUT2D eigenvalue weighted by molar-refractivity contribution is -0.133. The second kappa shape index (κ2) is 10.4. The second-order valence-corrected chi connectivity index (χ2v) is 8.77. The van der Waals surface area contributed by atoms with Crippen molar-refractivity contribution in [3.05, 3.63) is 96.3 Å². The van der Waals surface area contributed by atoms with Gasteiger partial charge >= 0.3 is 5.97 Å². The molecule has 2 N–H and O–H groups in total. The third kappa shape index (κ3) is 4.84. The van der Waals surface area contributed by atoms with Crippen LogP contribution in [0.4, 0.5) is 0 Å². The largest absolute Gasteiger partial charge is 0.510 e. The summed E-state index contributed by atoms with van der Waals surface area (Å²) in [5.74, 6) is 0.0879. The van der Waals surface area contributed by atoms with Gasteiger partial charge in [-0.15, -0.1) is 10.2 Å². The summed E-state index contributed by atoms with van der Waals surface area (Å²) in [6.45, 7) is 0.526. The van der Waals surface area contributed by atoms with E-state index in [1.54, 1.807) is 12.4 Å². The Morgan fingerprint density at radius 3 is 2.61 bits per heavy atom. The van der Waals surface area contributed by atoms with E-state index in [0.717, 1.165) is 16.6 Å². The first-order valence-electron chi connectivity index (χ1n) is 11.1. The van der Waals surface area contributed by atoms with Gasteiger partial charge in [-0.05, 0) is 29.8 Å². The number of aromatic nitrogens is 6. The molecule has 0 aliphatic heterocycles.